The number of primary amides is 1. The van der Waals surface area contributed by atoms with Crippen LogP contribution in [0, 0.1) is 0 Å². The number of aromatic nitrogens is 1. The van der Waals surface area contributed by atoms with Crippen LogP contribution in [-0.2, 0) is 19.6 Å². The van der Waals surface area contributed by atoms with Crippen molar-refractivity contribution in [3.05, 3.63) is 21.9 Å². The zero-order valence-electron chi connectivity index (χ0n) is 9.60. The summed E-state index contributed by atoms with van der Waals surface area (Å²) in [5.41, 5.74) is 4.85. The van der Waals surface area contributed by atoms with Gasteiger partial charge in [-0.05, 0) is 22.0 Å². The van der Waals surface area contributed by atoms with Gasteiger partial charge in [-0.15, -0.1) is 0 Å². The number of pyridine rings is 1. The van der Waals surface area contributed by atoms with Crippen LogP contribution in [0.15, 0.2) is 21.6 Å². The fourth-order valence-corrected chi connectivity index (χ4v) is 3.05. The summed E-state index contributed by atoms with van der Waals surface area (Å²) in [6, 6.07) is 1.34. The molecule has 0 spiro atoms. The van der Waals surface area contributed by atoms with E-state index in [1.807, 2.05) is 0 Å². The van der Waals surface area contributed by atoms with Crippen LogP contribution in [0.1, 0.15) is 0 Å². The van der Waals surface area contributed by atoms with Crippen molar-refractivity contribution in [2.45, 2.75) is 4.90 Å². The number of halogens is 2. The number of hydrogen-bond acceptors (Lipinski definition) is 5. The number of nitrogens with two attached hydrogens (primary N) is 1. The molecule has 1 aromatic heterocycles. The molecule has 1 amide bonds. The molecule has 0 unspecified atom stereocenters. The van der Waals surface area contributed by atoms with Gasteiger partial charge in [0.1, 0.15) is 16.7 Å². The predicted molar refractivity (Wildman–Crippen MR) is 72.1 cm³/mol. The average Bonchev–Trinajstić information content (AvgIpc) is 2.31. The van der Waals surface area contributed by atoms with Gasteiger partial charge in [-0.2, -0.15) is 0 Å². The Labute approximate surface area is 123 Å². The second kappa shape index (κ2) is 7.15. The summed E-state index contributed by atoms with van der Waals surface area (Å²) in [6.45, 7) is -0.263. The van der Waals surface area contributed by atoms with E-state index in [4.69, 9.17) is 22.1 Å². The molecule has 0 radical (unpaired) electrons. The van der Waals surface area contributed by atoms with Crippen molar-refractivity contribution < 1.29 is 17.9 Å². The minimum atomic E-state index is -3.78. The van der Waals surface area contributed by atoms with E-state index in [0.29, 0.717) is 4.47 Å². The molecule has 106 valence electrons. The Morgan fingerprint density at radius 1 is 1.58 bits per heavy atom. The summed E-state index contributed by atoms with van der Waals surface area (Å²) in [4.78, 5) is 14.0. The van der Waals surface area contributed by atoms with Crippen LogP contribution >= 0.6 is 27.5 Å². The fourth-order valence-electron chi connectivity index (χ4n) is 1.09. The lowest BCUT2D eigenvalue weighted by atomic mass is 10.5. The van der Waals surface area contributed by atoms with Gasteiger partial charge >= 0.3 is 0 Å². The SMILES string of the molecule is NC(=O)COCCNS(=O)(=O)c1cc(Br)cnc1Cl. The van der Waals surface area contributed by atoms with Gasteiger partial charge in [0, 0.05) is 17.2 Å². The summed E-state index contributed by atoms with van der Waals surface area (Å²) in [5, 5.41) is -0.131. The Morgan fingerprint density at radius 3 is 2.89 bits per heavy atom. The van der Waals surface area contributed by atoms with Crippen molar-refractivity contribution in [3.8, 4) is 0 Å². The van der Waals surface area contributed by atoms with Crippen LogP contribution < -0.4 is 10.5 Å². The lowest BCUT2D eigenvalue weighted by molar-refractivity contribution is -0.122. The molecule has 0 bridgehead atoms. The molecule has 3 N–H and O–H groups in total. The van der Waals surface area contributed by atoms with Crippen molar-refractivity contribution in [3.63, 3.8) is 0 Å². The van der Waals surface area contributed by atoms with Gasteiger partial charge in [0.05, 0.1) is 6.61 Å². The van der Waals surface area contributed by atoms with E-state index in [-0.39, 0.29) is 29.8 Å². The van der Waals surface area contributed by atoms with E-state index in [1.54, 1.807) is 0 Å². The van der Waals surface area contributed by atoms with Gasteiger partial charge in [0.2, 0.25) is 15.9 Å². The summed E-state index contributed by atoms with van der Waals surface area (Å²) in [6.07, 6.45) is 1.39. The Kier molecular flexibility index (Phi) is 6.14. The van der Waals surface area contributed by atoms with Crippen molar-refractivity contribution in [2.75, 3.05) is 19.8 Å². The summed E-state index contributed by atoms with van der Waals surface area (Å²) >= 11 is 8.83. The highest BCUT2D eigenvalue weighted by molar-refractivity contribution is 9.10. The van der Waals surface area contributed by atoms with E-state index < -0.39 is 15.9 Å². The molecular weight excluding hydrogens is 362 g/mol. The number of ether oxygens (including phenoxy) is 1. The quantitative estimate of drug-likeness (QED) is 0.527. The maximum Gasteiger partial charge on any atom is 0.243 e. The van der Waals surface area contributed by atoms with Crippen LogP contribution in [-0.4, -0.2) is 39.1 Å². The molecule has 10 heteroatoms. The minimum Gasteiger partial charge on any atom is -0.370 e. The summed E-state index contributed by atoms with van der Waals surface area (Å²) in [5.74, 6) is -0.623. The molecular formula is C9H11BrClN3O4S. The maximum atomic E-state index is 11.9. The number of carbonyl (C=O) groups is 1. The van der Waals surface area contributed by atoms with Gasteiger partial charge in [-0.3, -0.25) is 4.79 Å². The maximum absolute atomic E-state index is 11.9. The molecule has 1 aromatic rings. The van der Waals surface area contributed by atoms with Gasteiger partial charge in [-0.1, -0.05) is 11.6 Å². The molecule has 7 nitrogen and oxygen atoms in total. The Morgan fingerprint density at radius 2 is 2.26 bits per heavy atom. The van der Waals surface area contributed by atoms with Crippen LogP contribution in [0.2, 0.25) is 5.15 Å². The van der Waals surface area contributed by atoms with E-state index in [9.17, 15) is 13.2 Å². The Hall–Kier alpha value is -0.740. The minimum absolute atomic E-state index is 0.0151. The monoisotopic (exact) mass is 371 g/mol. The highest BCUT2D eigenvalue weighted by atomic mass is 79.9. The summed E-state index contributed by atoms with van der Waals surface area (Å²) < 4.78 is 31.4. The molecule has 0 saturated carbocycles. The van der Waals surface area contributed by atoms with Gasteiger partial charge < -0.3 is 10.5 Å². The lowest BCUT2D eigenvalue weighted by Crippen LogP contribution is -2.29. The molecule has 0 atom stereocenters. The van der Waals surface area contributed by atoms with Crippen LogP contribution in [0.5, 0.6) is 0 Å². The first-order valence-electron chi connectivity index (χ1n) is 4.99. The van der Waals surface area contributed by atoms with Gasteiger partial charge in [-0.25, -0.2) is 18.1 Å². The van der Waals surface area contributed by atoms with E-state index in [2.05, 4.69) is 25.6 Å². The number of sulfonamides is 1. The second-order valence-corrected chi connectivity index (χ2v) is 6.37. The molecule has 0 aliphatic carbocycles. The molecule has 0 aliphatic heterocycles. The topological polar surface area (TPSA) is 111 Å². The smallest absolute Gasteiger partial charge is 0.243 e. The number of nitrogens with zero attached hydrogens (tertiary/aromatic N) is 1. The lowest BCUT2D eigenvalue weighted by Gasteiger charge is -2.08. The van der Waals surface area contributed by atoms with Crippen LogP contribution in [0.25, 0.3) is 0 Å². The predicted octanol–water partition coefficient (Wildman–Crippen LogP) is 0.278. The number of carbonyl (C=O) groups excluding carboxylic acids is 1. The number of nitrogens with one attached hydrogen (secondary N) is 1. The van der Waals surface area contributed by atoms with Crippen LogP contribution in [0.4, 0.5) is 0 Å². The molecule has 19 heavy (non-hydrogen) atoms. The molecule has 1 rings (SSSR count). The third kappa shape index (κ3) is 5.41. The van der Waals surface area contributed by atoms with E-state index in [1.165, 1.54) is 12.3 Å². The van der Waals surface area contributed by atoms with E-state index >= 15 is 0 Å². The van der Waals surface area contributed by atoms with Crippen molar-refractivity contribution >= 4 is 43.5 Å². The summed E-state index contributed by atoms with van der Waals surface area (Å²) in [7, 11) is -3.78. The molecule has 0 fully saturated rings. The van der Waals surface area contributed by atoms with Crippen molar-refractivity contribution in [2.24, 2.45) is 5.73 Å². The largest absolute Gasteiger partial charge is 0.370 e. The van der Waals surface area contributed by atoms with Gasteiger partial charge in [0.15, 0.2) is 0 Å². The number of rotatable bonds is 7. The second-order valence-electron chi connectivity index (χ2n) is 3.36. The first-order valence-corrected chi connectivity index (χ1v) is 7.65. The first kappa shape index (κ1) is 16.3. The zero-order chi connectivity index (χ0) is 14.5. The van der Waals surface area contributed by atoms with Gasteiger partial charge in [0.25, 0.3) is 0 Å². The van der Waals surface area contributed by atoms with Crippen molar-refractivity contribution in [1.82, 2.24) is 9.71 Å². The molecule has 0 aromatic carbocycles. The Balaban J connectivity index is 2.61. The molecule has 0 aliphatic rings. The van der Waals surface area contributed by atoms with Crippen LogP contribution in [0.3, 0.4) is 0 Å². The molecule has 1 heterocycles. The third-order valence-corrected chi connectivity index (χ3v) is 4.17. The van der Waals surface area contributed by atoms with Crippen molar-refractivity contribution in [1.29, 1.82) is 0 Å². The highest BCUT2D eigenvalue weighted by Gasteiger charge is 2.18. The first-order chi connectivity index (χ1) is 8.83. The average molecular weight is 373 g/mol. The standard InChI is InChI=1S/C9H11BrClN3O4S/c10-6-3-7(9(11)13-4-6)19(16,17)14-1-2-18-5-8(12)15/h3-4,14H,1-2,5H2,(H2,12,15). The fraction of sp³-hybridized carbons (Fsp3) is 0.333. The molecule has 0 saturated heterocycles. The zero-order valence-corrected chi connectivity index (χ0v) is 12.8. The third-order valence-electron chi connectivity index (χ3n) is 1.85. The normalized spacial score (nSPS) is 11.5. The van der Waals surface area contributed by atoms with E-state index in [0.717, 1.165) is 0 Å². The Bertz CT molecular complexity index is 567. The number of amides is 1. The number of hydrogen-bond donors (Lipinski definition) is 2. The highest BCUT2D eigenvalue weighted by Crippen LogP contribution is 2.22.